The number of carbonyl (C=O) groups is 2. The van der Waals surface area contributed by atoms with E-state index in [0.29, 0.717) is 23.7 Å². The Hall–Kier alpha value is -5.18. The quantitative estimate of drug-likeness (QED) is 0.0460. The molecular formula is C44H43ClF10N8O3S2. The molecular weight excluding hydrogens is 978 g/mol. The predicted octanol–water partition coefficient (Wildman–Crippen LogP) is 9.63. The summed E-state index contributed by atoms with van der Waals surface area (Å²) in [6, 6.07) is 6.08. The van der Waals surface area contributed by atoms with Crippen LogP contribution in [0, 0.1) is 23.5 Å². The van der Waals surface area contributed by atoms with Crippen molar-refractivity contribution in [3.63, 3.8) is 0 Å². The highest BCUT2D eigenvalue weighted by Gasteiger charge is 2.53. The number of pyridine rings is 1. The topological polar surface area (TPSA) is 127 Å². The lowest BCUT2D eigenvalue weighted by atomic mass is 9.93. The lowest BCUT2D eigenvalue weighted by Gasteiger charge is -2.23. The van der Waals surface area contributed by atoms with Gasteiger partial charge in [-0.2, -0.15) is 45.3 Å². The van der Waals surface area contributed by atoms with Crippen LogP contribution in [0.15, 0.2) is 42.5 Å². The van der Waals surface area contributed by atoms with Gasteiger partial charge in [-0.05, 0) is 100.0 Å². The summed E-state index contributed by atoms with van der Waals surface area (Å²) in [4.78, 5) is 32.4. The molecule has 0 radical (unpaired) electrons. The smallest absolute Gasteiger partial charge is 0.346 e. The van der Waals surface area contributed by atoms with Crippen molar-refractivity contribution in [3.8, 4) is 23.0 Å². The van der Waals surface area contributed by atoms with E-state index in [1.54, 1.807) is 20.9 Å². The number of halogens is 11. The summed E-state index contributed by atoms with van der Waals surface area (Å²) in [5, 5.41) is 12.9. The molecule has 1 aliphatic rings. The van der Waals surface area contributed by atoms with Crippen LogP contribution in [0.4, 0.5) is 49.7 Å². The van der Waals surface area contributed by atoms with E-state index >= 15 is 8.78 Å². The first-order chi connectivity index (χ1) is 31.6. The van der Waals surface area contributed by atoms with Crippen LogP contribution in [-0.2, 0) is 52.0 Å². The summed E-state index contributed by atoms with van der Waals surface area (Å²) in [6.07, 6.45) is -8.42. The van der Waals surface area contributed by atoms with Gasteiger partial charge in [0.25, 0.3) is 5.92 Å². The van der Waals surface area contributed by atoms with Gasteiger partial charge in [0, 0.05) is 58.9 Å². The number of rotatable bonds is 15. The van der Waals surface area contributed by atoms with Gasteiger partial charge in [-0.1, -0.05) is 30.5 Å². The molecule has 0 spiro atoms. The second kappa shape index (κ2) is 20.0. The number of fused-ring (bicyclic) bond motifs is 2. The number of amides is 2. The molecule has 0 saturated heterocycles. The van der Waals surface area contributed by atoms with E-state index in [4.69, 9.17) is 11.6 Å². The molecule has 11 nitrogen and oxygen atoms in total. The summed E-state index contributed by atoms with van der Waals surface area (Å²) in [7, 11) is 0.159. The molecule has 2 amide bonds. The van der Waals surface area contributed by atoms with Gasteiger partial charge in [0.2, 0.25) is 11.8 Å². The van der Waals surface area contributed by atoms with E-state index in [2.05, 4.69) is 37.7 Å². The maximum absolute atomic E-state index is 15.4. The Morgan fingerprint density at radius 2 is 1.69 bits per heavy atom. The van der Waals surface area contributed by atoms with Gasteiger partial charge in [-0.15, -0.1) is 0 Å². The molecule has 3 aromatic heterocycles. The molecule has 5 aromatic rings. The number of anilines is 1. The standard InChI is InChI=1S/C44H43ClF10N8O3S2/c1-23-20-42(48,49)39-34(23)38(44(53,54)55)59-61(39)21-32(64)58-31(18-24-16-25(46)19-26(47)17-24)36-28(10-9-27(57-36)13-14-41(2,3)68(6)66)29-11-12-30(45)35-37(29)62(22-43(50,51)52)60-40(35)63(67-5)33(65)8-7-15-56-4/h9-12,16-17,19,23,31,56H,7-8,15,18,20-22H2,1-6H3,(H,58,64)/t23-,31?,68?/m0/s1. The summed E-state index contributed by atoms with van der Waals surface area (Å²) in [6.45, 7) is 1.82. The maximum Gasteiger partial charge on any atom is 0.435 e. The van der Waals surface area contributed by atoms with E-state index < -0.39 is 112 Å². The van der Waals surface area contributed by atoms with Crippen LogP contribution in [0.5, 0.6) is 0 Å². The molecule has 24 heteroatoms. The Balaban J connectivity index is 1.61. The molecule has 1 aliphatic carbocycles. The zero-order valence-corrected chi connectivity index (χ0v) is 39.4. The monoisotopic (exact) mass is 1020 g/mol. The highest BCUT2D eigenvalue weighted by molar-refractivity contribution is 8.00. The number of benzene rings is 2. The van der Waals surface area contributed by atoms with Crippen molar-refractivity contribution in [2.24, 2.45) is 0 Å². The number of hydrogen-bond acceptors (Lipinski definition) is 8. The minimum absolute atomic E-state index is 0.0385. The second-order valence-electron chi connectivity index (χ2n) is 16.5. The van der Waals surface area contributed by atoms with Crippen LogP contribution in [0.25, 0.3) is 22.0 Å². The summed E-state index contributed by atoms with van der Waals surface area (Å²) >= 11 is 7.61. The van der Waals surface area contributed by atoms with Gasteiger partial charge >= 0.3 is 12.4 Å². The second-order valence-corrected chi connectivity index (χ2v) is 19.6. The first-order valence-electron chi connectivity index (χ1n) is 20.6. The molecule has 6 rings (SSSR count). The molecule has 3 atom stereocenters. The van der Waals surface area contributed by atoms with Gasteiger partial charge in [0.1, 0.15) is 40.9 Å². The normalized spacial score (nSPS) is 15.8. The Morgan fingerprint density at radius 1 is 1.03 bits per heavy atom. The first-order valence-corrected chi connectivity index (χ1v) is 23.7. The van der Waals surface area contributed by atoms with E-state index in [1.807, 2.05) is 0 Å². The Morgan fingerprint density at radius 3 is 2.29 bits per heavy atom. The zero-order valence-electron chi connectivity index (χ0n) is 37.0. The number of nitrogens with one attached hydrogen (secondary N) is 2. The van der Waals surface area contributed by atoms with Gasteiger partial charge in [-0.25, -0.2) is 18.1 Å². The van der Waals surface area contributed by atoms with Gasteiger partial charge in [0.15, 0.2) is 11.5 Å². The minimum atomic E-state index is -5.18. The molecule has 2 aromatic carbocycles. The molecule has 366 valence electrons. The van der Waals surface area contributed by atoms with E-state index in [0.717, 1.165) is 35.3 Å². The van der Waals surface area contributed by atoms with Crippen LogP contribution in [-0.4, -0.2) is 77.6 Å². The van der Waals surface area contributed by atoms with Gasteiger partial charge < -0.3 is 10.6 Å². The fourth-order valence-electron chi connectivity index (χ4n) is 7.85. The number of nitrogens with zero attached hydrogens (tertiary/aromatic N) is 6. The molecule has 2 N–H and O–H groups in total. The molecule has 0 aliphatic heterocycles. The lowest BCUT2D eigenvalue weighted by Crippen LogP contribution is -2.35. The largest absolute Gasteiger partial charge is 0.435 e. The summed E-state index contributed by atoms with van der Waals surface area (Å²) < 4.78 is 160. The van der Waals surface area contributed by atoms with Crippen molar-refractivity contribution in [1.29, 1.82) is 0 Å². The third-order valence-corrected chi connectivity index (χ3v) is 13.6. The molecule has 3 heterocycles. The van der Waals surface area contributed by atoms with Crippen molar-refractivity contribution in [2.75, 3.05) is 30.4 Å². The van der Waals surface area contributed by atoms with E-state index in [-0.39, 0.29) is 60.9 Å². The Labute approximate surface area is 395 Å². The molecule has 2 unspecified atom stereocenters. The summed E-state index contributed by atoms with van der Waals surface area (Å²) in [5.74, 6) is -3.61. The van der Waals surface area contributed by atoms with Crippen molar-refractivity contribution < 1.29 is 57.7 Å². The first kappa shape index (κ1) is 52.2. The van der Waals surface area contributed by atoms with Gasteiger partial charge in [0.05, 0.1) is 27.7 Å². The van der Waals surface area contributed by atoms with Gasteiger partial charge in [-0.3, -0.25) is 23.2 Å². The van der Waals surface area contributed by atoms with Crippen LogP contribution in [0.2, 0.25) is 5.02 Å². The average Bonchev–Trinajstić information content (AvgIpc) is 3.86. The van der Waals surface area contributed by atoms with Crippen LogP contribution in [0.3, 0.4) is 0 Å². The summed E-state index contributed by atoms with van der Waals surface area (Å²) in [5.41, 5.74) is -4.39. The fraction of sp³-hybridized carbons (Fsp3) is 0.432. The molecule has 68 heavy (non-hydrogen) atoms. The lowest BCUT2D eigenvalue weighted by molar-refractivity contribution is -0.143. The average molecular weight is 1020 g/mol. The zero-order chi connectivity index (χ0) is 50.3. The van der Waals surface area contributed by atoms with E-state index in [9.17, 15) is 48.9 Å². The molecule has 0 saturated carbocycles. The van der Waals surface area contributed by atoms with Crippen molar-refractivity contribution in [2.45, 2.75) is 94.5 Å². The maximum atomic E-state index is 15.4. The third-order valence-electron chi connectivity index (χ3n) is 11.0. The predicted molar refractivity (Wildman–Crippen MR) is 238 cm³/mol. The van der Waals surface area contributed by atoms with Crippen molar-refractivity contribution in [1.82, 2.24) is 35.2 Å². The highest BCUT2D eigenvalue weighted by Crippen LogP contribution is 2.52. The van der Waals surface area contributed by atoms with Crippen LogP contribution in [0.1, 0.15) is 85.9 Å². The third kappa shape index (κ3) is 11.5. The van der Waals surface area contributed by atoms with E-state index in [1.165, 1.54) is 36.8 Å². The minimum Gasteiger partial charge on any atom is -0.346 e. The number of alkyl halides is 8. The van der Waals surface area contributed by atoms with Crippen LogP contribution >= 0.6 is 23.5 Å². The fourth-order valence-corrected chi connectivity index (χ4v) is 8.87. The molecule has 0 fully saturated rings. The van der Waals surface area contributed by atoms with Crippen molar-refractivity contribution in [3.05, 3.63) is 93.0 Å². The highest BCUT2D eigenvalue weighted by atomic mass is 35.5. The molecule has 0 bridgehead atoms. The number of aromatic nitrogens is 5. The number of hydrogen-bond donors (Lipinski definition) is 2. The number of carbonyl (C=O) groups excluding carboxylic acids is 2. The van der Waals surface area contributed by atoms with Crippen molar-refractivity contribution >= 4 is 62.9 Å². The Kier molecular flexibility index (Phi) is 15.4. The Bertz CT molecular complexity index is 2820. The SMILES string of the molecule is CNCCCC(=O)N(SC)c1nn(CC(F)(F)F)c2c(-c3ccc(C#CC(C)(C)S(C)=O)nc3C(Cc3cc(F)cc(F)c3)NC(=O)Cn3nc(C(F)(F)F)c4c3C(F)(F)C[C@@H]4C)ccc(Cl)c12. The van der Waals surface area contributed by atoms with Crippen LogP contribution < -0.4 is 14.9 Å².